The number of ether oxygens (including phenoxy) is 1. The molecule has 23 heavy (non-hydrogen) atoms. The molecule has 130 valence electrons. The summed E-state index contributed by atoms with van der Waals surface area (Å²) in [5, 5.41) is 47.2. The van der Waals surface area contributed by atoms with Gasteiger partial charge in [-0.25, -0.2) is 4.79 Å². The van der Waals surface area contributed by atoms with Gasteiger partial charge in [-0.1, -0.05) is 0 Å². The van der Waals surface area contributed by atoms with E-state index in [2.05, 4.69) is 0 Å². The summed E-state index contributed by atoms with van der Waals surface area (Å²) in [5.41, 5.74) is 4.41. The molecular formula is C12H18N2O9. The molecule has 0 bridgehead atoms. The molecule has 0 aliphatic carbocycles. The molecule has 6 atom stereocenters. The zero-order valence-corrected chi connectivity index (χ0v) is 11.8. The topological polar surface area (TPSA) is 189 Å². The van der Waals surface area contributed by atoms with E-state index in [1.54, 1.807) is 0 Å². The molecule has 7 N–H and O–H groups in total. The number of carbonyl (C=O) groups is 1. The van der Waals surface area contributed by atoms with E-state index in [9.17, 15) is 24.9 Å². The van der Waals surface area contributed by atoms with Crippen LogP contribution >= 0.6 is 0 Å². The van der Waals surface area contributed by atoms with Crippen LogP contribution in [0.25, 0.3) is 0 Å². The maximum absolute atomic E-state index is 11.7. The number of carboxylic acids is 1. The fourth-order valence-electron chi connectivity index (χ4n) is 2.26. The largest absolute Gasteiger partial charge is 0.480 e. The summed E-state index contributed by atoms with van der Waals surface area (Å²) in [6, 6.07) is -1.32. The Hall–Kier alpha value is -1.76. The Balaban J connectivity index is 2.24. The highest BCUT2D eigenvalue weighted by Gasteiger charge is 2.45. The molecule has 1 aliphatic heterocycles. The van der Waals surface area contributed by atoms with Crippen LogP contribution in [0.5, 0.6) is 0 Å². The first-order valence-corrected chi connectivity index (χ1v) is 6.76. The maximum atomic E-state index is 11.7. The summed E-state index contributed by atoms with van der Waals surface area (Å²) in [7, 11) is 0. The number of aliphatic hydroxyl groups excluding tert-OH is 4. The lowest BCUT2D eigenvalue weighted by atomic mass is 9.98. The summed E-state index contributed by atoms with van der Waals surface area (Å²) in [4.78, 5) is 22.4. The van der Waals surface area contributed by atoms with E-state index in [1.165, 1.54) is 0 Å². The van der Waals surface area contributed by atoms with Crippen molar-refractivity contribution in [1.82, 2.24) is 4.74 Å². The number of hydrogen-bond acceptors (Lipinski definition) is 9. The van der Waals surface area contributed by atoms with Crippen molar-refractivity contribution in [2.75, 3.05) is 6.61 Å². The number of nitrogens with zero attached hydrogens (tertiary/aromatic N) is 1. The predicted octanol–water partition coefficient (Wildman–Crippen LogP) is -3.63. The van der Waals surface area contributed by atoms with E-state index < -0.39 is 54.9 Å². The Morgan fingerprint density at radius 1 is 1.30 bits per heavy atom. The van der Waals surface area contributed by atoms with Crippen molar-refractivity contribution in [1.29, 1.82) is 0 Å². The average Bonchev–Trinajstić information content (AvgIpc) is 2.86. The van der Waals surface area contributed by atoms with Gasteiger partial charge in [0, 0.05) is 6.42 Å². The van der Waals surface area contributed by atoms with Crippen LogP contribution in [-0.2, 0) is 16.0 Å². The SMILES string of the molecule is N[C@@H](Cc1cn([C@@H]2O[C@H](CO)[C@@H](O)[C@H](O)[C@H]2O)oc1=O)C(=O)O. The Bertz CT molecular complexity index is 610. The summed E-state index contributed by atoms with van der Waals surface area (Å²) in [5.74, 6) is -1.30. The van der Waals surface area contributed by atoms with E-state index >= 15 is 0 Å². The van der Waals surface area contributed by atoms with Crippen LogP contribution in [0.2, 0.25) is 0 Å². The van der Waals surface area contributed by atoms with Crippen LogP contribution < -0.4 is 11.4 Å². The van der Waals surface area contributed by atoms with Gasteiger partial charge < -0.3 is 40.5 Å². The number of nitrogens with two attached hydrogens (primary N) is 1. The van der Waals surface area contributed by atoms with E-state index in [-0.39, 0.29) is 12.0 Å². The lowest BCUT2D eigenvalue weighted by molar-refractivity contribution is -0.264. The molecular weight excluding hydrogens is 316 g/mol. The minimum atomic E-state index is -1.64. The van der Waals surface area contributed by atoms with Gasteiger partial charge in [0.1, 0.15) is 30.5 Å². The van der Waals surface area contributed by atoms with Crippen LogP contribution in [0.1, 0.15) is 11.8 Å². The molecule has 0 radical (unpaired) electrons. The molecule has 0 spiro atoms. The smallest absolute Gasteiger partial charge is 0.360 e. The molecule has 11 nitrogen and oxygen atoms in total. The normalized spacial score (nSPS) is 32.7. The molecule has 0 saturated carbocycles. The first-order chi connectivity index (χ1) is 10.8. The molecule has 1 aromatic rings. The van der Waals surface area contributed by atoms with Crippen LogP contribution in [-0.4, -0.2) is 73.3 Å². The second kappa shape index (κ2) is 6.78. The maximum Gasteiger partial charge on any atom is 0.360 e. The monoisotopic (exact) mass is 334 g/mol. The minimum absolute atomic E-state index is 0.0585. The zero-order chi connectivity index (χ0) is 17.3. The van der Waals surface area contributed by atoms with E-state index in [0.717, 1.165) is 10.9 Å². The molecule has 0 unspecified atom stereocenters. The third-order valence-electron chi connectivity index (χ3n) is 3.61. The summed E-state index contributed by atoms with van der Waals surface area (Å²) in [6.45, 7) is -0.635. The second-order valence-corrected chi connectivity index (χ2v) is 5.26. The number of carboxylic acid groups (broad SMARTS) is 1. The van der Waals surface area contributed by atoms with Crippen LogP contribution in [0.15, 0.2) is 15.5 Å². The predicted molar refractivity (Wildman–Crippen MR) is 71.3 cm³/mol. The number of aliphatic hydroxyl groups is 4. The van der Waals surface area contributed by atoms with Gasteiger partial charge in [-0.3, -0.25) is 4.79 Å². The first kappa shape index (κ1) is 17.6. The third-order valence-corrected chi connectivity index (χ3v) is 3.61. The molecule has 1 aromatic heterocycles. The molecule has 1 aliphatic rings. The molecule has 1 saturated heterocycles. The number of aliphatic carboxylic acids is 1. The Kier molecular flexibility index (Phi) is 5.19. The third kappa shape index (κ3) is 3.44. The van der Waals surface area contributed by atoms with Crippen LogP contribution in [0.3, 0.4) is 0 Å². The molecule has 2 heterocycles. The highest BCUT2D eigenvalue weighted by molar-refractivity contribution is 5.73. The quantitative estimate of drug-likeness (QED) is 0.313. The average molecular weight is 334 g/mol. The van der Waals surface area contributed by atoms with Crippen molar-refractivity contribution in [2.45, 2.75) is 43.1 Å². The Morgan fingerprint density at radius 3 is 2.52 bits per heavy atom. The van der Waals surface area contributed by atoms with Gasteiger partial charge in [-0.2, -0.15) is 4.74 Å². The molecule has 0 amide bonds. The molecule has 0 aromatic carbocycles. The van der Waals surface area contributed by atoms with E-state index in [4.69, 9.17) is 25.2 Å². The Morgan fingerprint density at radius 2 is 1.96 bits per heavy atom. The number of aromatic nitrogens is 1. The van der Waals surface area contributed by atoms with Crippen molar-refractivity contribution in [3.05, 3.63) is 22.2 Å². The lowest BCUT2D eigenvalue weighted by Gasteiger charge is -2.39. The van der Waals surface area contributed by atoms with Crippen molar-refractivity contribution in [3.8, 4) is 0 Å². The Labute approximate surface area is 129 Å². The van der Waals surface area contributed by atoms with E-state index in [1.807, 2.05) is 0 Å². The summed E-state index contributed by atoms with van der Waals surface area (Å²) in [6.07, 6.45) is -6.58. The first-order valence-electron chi connectivity index (χ1n) is 6.76. The summed E-state index contributed by atoms with van der Waals surface area (Å²) < 4.78 is 10.8. The minimum Gasteiger partial charge on any atom is -0.480 e. The van der Waals surface area contributed by atoms with Crippen molar-refractivity contribution in [3.63, 3.8) is 0 Å². The van der Waals surface area contributed by atoms with Gasteiger partial charge >= 0.3 is 11.6 Å². The van der Waals surface area contributed by atoms with Gasteiger partial charge in [-0.05, 0) is 0 Å². The fourth-order valence-corrected chi connectivity index (χ4v) is 2.26. The van der Waals surface area contributed by atoms with Crippen LogP contribution in [0, 0.1) is 0 Å². The van der Waals surface area contributed by atoms with Crippen molar-refractivity contribution >= 4 is 5.97 Å². The highest BCUT2D eigenvalue weighted by Crippen LogP contribution is 2.28. The zero-order valence-electron chi connectivity index (χ0n) is 11.8. The second-order valence-electron chi connectivity index (χ2n) is 5.26. The van der Waals surface area contributed by atoms with Gasteiger partial charge in [0.2, 0.25) is 0 Å². The molecule has 11 heteroatoms. The highest BCUT2D eigenvalue weighted by atomic mass is 16.6. The fraction of sp³-hybridized carbons (Fsp3) is 0.667. The van der Waals surface area contributed by atoms with E-state index in [0.29, 0.717) is 0 Å². The van der Waals surface area contributed by atoms with Gasteiger partial charge in [-0.15, -0.1) is 0 Å². The number of hydrogen-bond donors (Lipinski definition) is 6. The van der Waals surface area contributed by atoms with Crippen LogP contribution in [0.4, 0.5) is 0 Å². The van der Waals surface area contributed by atoms with Gasteiger partial charge in [0.25, 0.3) is 0 Å². The lowest BCUT2D eigenvalue weighted by Crippen LogP contribution is -2.56. The van der Waals surface area contributed by atoms with Crippen molar-refractivity contribution < 1.29 is 39.6 Å². The molecule has 2 rings (SSSR count). The van der Waals surface area contributed by atoms with Crippen molar-refractivity contribution in [2.24, 2.45) is 5.73 Å². The standard InChI is InChI=1S/C12H18N2O9/c13-5(11(19)20)1-4-2-14(23-12(4)21)10-9(18)8(17)7(16)6(3-15)22-10/h2,5-10,15-18H,1,3,13H2,(H,19,20)/t5-,6+,7+,8-,9+,10+/m0/s1. The summed E-state index contributed by atoms with van der Waals surface area (Å²) >= 11 is 0. The van der Waals surface area contributed by atoms with Gasteiger partial charge in [0.15, 0.2) is 6.23 Å². The molecule has 1 fully saturated rings. The van der Waals surface area contributed by atoms with Gasteiger partial charge in [0.05, 0.1) is 18.4 Å². The number of rotatable bonds is 5.